The van der Waals surface area contributed by atoms with Crippen LogP contribution in [0.5, 0.6) is 5.75 Å². The van der Waals surface area contributed by atoms with Crippen LogP contribution in [-0.2, 0) is 13.0 Å². The molecule has 0 aliphatic carbocycles. The molecule has 0 atom stereocenters. The molecule has 0 unspecified atom stereocenters. The van der Waals surface area contributed by atoms with Gasteiger partial charge in [0.25, 0.3) is 0 Å². The molecule has 0 spiro atoms. The number of guanidine groups is 1. The predicted molar refractivity (Wildman–Crippen MR) is 113 cm³/mol. The molecule has 164 valence electrons. The highest BCUT2D eigenvalue weighted by Gasteiger charge is 2.28. The Hall–Kier alpha value is -3.49. The molecular formula is C22H24F3N5O. The highest BCUT2D eigenvalue weighted by Crippen LogP contribution is 2.18. The molecule has 9 heteroatoms. The second kappa shape index (κ2) is 10.5. The van der Waals surface area contributed by atoms with E-state index in [0.29, 0.717) is 19.0 Å². The quantitative estimate of drug-likeness (QED) is 0.422. The monoisotopic (exact) mass is 431 g/mol. The molecule has 3 aromatic rings. The lowest BCUT2D eigenvalue weighted by molar-refractivity contribution is -0.153. The number of aliphatic imine (C=N–C) groups is 1. The topological polar surface area (TPSA) is 63.5 Å². The summed E-state index contributed by atoms with van der Waals surface area (Å²) in [7, 11) is 1.68. The Kier molecular flexibility index (Phi) is 7.53. The van der Waals surface area contributed by atoms with Crippen LogP contribution in [0.25, 0.3) is 5.69 Å². The Bertz CT molecular complexity index is 969. The lowest BCUT2D eigenvalue weighted by Crippen LogP contribution is -2.37. The molecule has 2 aromatic carbocycles. The van der Waals surface area contributed by atoms with Gasteiger partial charge >= 0.3 is 6.18 Å². The first-order valence-corrected chi connectivity index (χ1v) is 9.75. The molecular weight excluding hydrogens is 407 g/mol. The van der Waals surface area contributed by atoms with Crippen molar-refractivity contribution in [1.29, 1.82) is 0 Å². The molecule has 0 aliphatic heterocycles. The third kappa shape index (κ3) is 7.36. The largest absolute Gasteiger partial charge is 0.484 e. The summed E-state index contributed by atoms with van der Waals surface area (Å²) in [5, 5.41) is 10.8. The zero-order valence-corrected chi connectivity index (χ0v) is 17.1. The van der Waals surface area contributed by atoms with Gasteiger partial charge in [0.15, 0.2) is 12.6 Å². The maximum Gasteiger partial charge on any atom is 0.422 e. The Morgan fingerprint density at radius 2 is 1.77 bits per heavy atom. The number of benzene rings is 2. The Morgan fingerprint density at radius 3 is 2.45 bits per heavy atom. The molecule has 0 aliphatic rings. The molecule has 0 amide bonds. The van der Waals surface area contributed by atoms with Gasteiger partial charge in [0.2, 0.25) is 0 Å². The van der Waals surface area contributed by atoms with E-state index in [1.165, 1.54) is 12.1 Å². The summed E-state index contributed by atoms with van der Waals surface area (Å²) in [6.07, 6.45) is 0.264. The van der Waals surface area contributed by atoms with E-state index < -0.39 is 12.8 Å². The lowest BCUT2D eigenvalue weighted by atomic mass is 10.2. The molecule has 1 heterocycles. The highest BCUT2D eigenvalue weighted by atomic mass is 19.4. The van der Waals surface area contributed by atoms with Gasteiger partial charge in [0, 0.05) is 26.3 Å². The number of nitrogens with one attached hydrogen (secondary N) is 2. The van der Waals surface area contributed by atoms with Crippen molar-refractivity contribution in [3.63, 3.8) is 0 Å². The van der Waals surface area contributed by atoms with Gasteiger partial charge in [-0.2, -0.15) is 18.3 Å². The second-order valence-corrected chi connectivity index (χ2v) is 6.78. The maximum absolute atomic E-state index is 12.2. The van der Waals surface area contributed by atoms with Crippen molar-refractivity contribution in [2.75, 3.05) is 20.2 Å². The maximum atomic E-state index is 12.2. The van der Waals surface area contributed by atoms with E-state index in [2.05, 4.69) is 20.7 Å². The molecule has 1 aromatic heterocycles. The van der Waals surface area contributed by atoms with Gasteiger partial charge in [-0.1, -0.05) is 30.3 Å². The van der Waals surface area contributed by atoms with Gasteiger partial charge in [0.1, 0.15) is 5.75 Å². The third-order valence-corrected chi connectivity index (χ3v) is 4.37. The summed E-state index contributed by atoms with van der Waals surface area (Å²) in [5.74, 6) is 0.812. The minimum absolute atomic E-state index is 0.180. The number of hydrogen-bond donors (Lipinski definition) is 2. The number of para-hydroxylation sites is 1. The van der Waals surface area contributed by atoms with Crippen LogP contribution in [0.3, 0.4) is 0 Å². The molecule has 0 radical (unpaired) electrons. The summed E-state index contributed by atoms with van der Waals surface area (Å²) >= 11 is 0. The van der Waals surface area contributed by atoms with Crippen LogP contribution in [0.1, 0.15) is 11.1 Å². The van der Waals surface area contributed by atoms with Gasteiger partial charge in [-0.15, -0.1) is 0 Å². The second-order valence-electron chi connectivity index (χ2n) is 6.78. The molecule has 31 heavy (non-hydrogen) atoms. The van der Waals surface area contributed by atoms with Crippen LogP contribution in [-0.4, -0.2) is 42.1 Å². The number of halogens is 3. The fourth-order valence-electron chi connectivity index (χ4n) is 2.81. The summed E-state index contributed by atoms with van der Waals surface area (Å²) in [6.45, 7) is -0.152. The van der Waals surface area contributed by atoms with Gasteiger partial charge < -0.3 is 15.4 Å². The zero-order valence-electron chi connectivity index (χ0n) is 17.1. The van der Waals surface area contributed by atoms with Crippen LogP contribution in [0.4, 0.5) is 13.2 Å². The number of hydrogen-bond acceptors (Lipinski definition) is 3. The van der Waals surface area contributed by atoms with E-state index in [0.717, 1.165) is 23.2 Å². The molecule has 0 fully saturated rings. The number of alkyl halides is 3. The fraction of sp³-hybridized carbons (Fsp3) is 0.273. The van der Waals surface area contributed by atoms with Crippen LogP contribution in [0, 0.1) is 0 Å². The molecule has 0 saturated carbocycles. The first-order chi connectivity index (χ1) is 14.9. The van der Waals surface area contributed by atoms with E-state index in [1.807, 2.05) is 47.4 Å². The summed E-state index contributed by atoms with van der Waals surface area (Å²) < 4.78 is 43.1. The first-order valence-electron chi connectivity index (χ1n) is 9.75. The zero-order chi connectivity index (χ0) is 22.1. The Morgan fingerprint density at radius 1 is 1.03 bits per heavy atom. The number of rotatable bonds is 8. The number of nitrogens with zero attached hydrogens (tertiary/aromatic N) is 3. The molecule has 0 bridgehead atoms. The van der Waals surface area contributed by atoms with E-state index in [1.54, 1.807) is 19.2 Å². The fourth-order valence-corrected chi connectivity index (χ4v) is 2.81. The smallest absolute Gasteiger partial charge is 0.422 e. The van der Waals surface area contributed by atoms with Gasteiger partial charge in [-0.25, -0.2) is 4.68 Å². The van der Waals surface area contributed by atoms with Crippen LogP contribution < -0.4 is 15.4 Å². The normalized spacial score (nSPS) is 11.9. The lowest BCUT2D eigenvalue weighted by Gasteiger charge is -2.12. The van der Waals surface area contributed by atoms with Gasteiger partial charge in [-0.3, -0.25) is 4.99 Å². The molecule has 3 rings (SSSR count). The summed E-state index contributed by atoms with van der Waals surface area (Å²) in [5.41, 5.74) is 3.00. The Labute approximate surface area is 178 Å². The van der Waals surface area contributed by atoms with E-state index in [9.17, 15) is 13.2 Å². The Balaban J connectivity index is 1.41. The van der Waals surface area contributed by atoms with Crippen molar-refractivity contribution in [3.8, 4) is 11.4 Å². The minimum atomic E-state index is -4.35. The van der Waals surface area contributed by atoms with Gasteiger partial charge in [-0.05, 0) is 41.8 Å². The van der Waals surface area contributed by atoms with Crippen LogP contribution in [0.2, 0.25) is 0 Å². The average Bonchev–Trinajstić information content (AvgIpc) is 3.24. The SMILES string of the molecule is CN=C(NCCc1cnn(-c2ccccc2)c1)NCc1ccc(OCC(F)(F)F)cc1. The van der Waals surface area contributed by atoms with E-state index in [4.69, 9.17) is 4.74 Å². The number of aromatic nitrogens is 2. The van der Waals surface area contributed by atoms with Gasteiger partial charge in [0.05, 0.1) is 11.9 Å². The summed E-state index contributed by atoms with van der Waals surface area (Å²) in [6, 6.07) is 16.4. The predicted octanol–water partition coefficient (Wildman–Crippen LogP) is 3.72. The highest BCUT2D eigenvalue weighted by molar-refractivity contribution is 5.79. The van der Waals surface area contributed by atoms with E-state index in [-0.39, 0.29) is 5.75 Å². The van der Waals surface area contributed by atoms with E-state index >= 15 is 0 Å². The standard InChI is InChI=1S/C22H24F3N5O/c1-26-21(28-13-17-7-9-20(10-8-17)31-16-22(23,24)25)27-12-11-18-14-29-30(15-18)19-5-3-2-4-6-19/h2-10,14-15H,11-13,16H2,1H3,(H2,26,27,28). The minimum Gasteiger partial charge on any atom is -0.484 e. The molecule has 2 N–H and O–H groups in total. The molecule has 6 nitrogen and oxygen atoms in total. The first kappa shape index (κ1) is 22.2. The summed E-state index contributed by atoms with van der Waals surface area (Å²) in [4.78, 5) is 4.19. The number of ether oxygens (including phenoxy) is 1. The average molecular weight is 431 g/mol. The van der Waals surface area contributed by atoms with Crippen molar-refractivity contribution in [2.24, 2.45) is 4.99 Å². The van der Waals surface area contributed by atoms with Crippen LogP contribution in [0.15, 0.2) is 72.0 Å². The van der Waals surface area contributed by atoms with Crippen LogP contribution >= 0.6 is 0 Å². The van der Waals surface area contributed by atoms with Crippen molar-refractivity contribution in [3.05, 3.63) is 78.1 Å². The molecule has 0 saturated heterocycles. The third-order valence-electron chi connectivity index (χ3n) is 4.37. The van der Waals surface area contributed by atoms with Crippen molar-refractivity contribution < 1.29 is 17.9 Å². The van der Waals surface area contributed by atoms with Crippen molar-refractivity contribution in [1.82, 2.24) is 20.4 Å². The van der Waals surface area contributed by atoms with Crippen molar-refractivity contribution in [2.45, 2.75) is 19.1 Å². The van der Waals surface area contributed by atoms with Crippen molar-refractivity contribution >= 4 is 5.96 Å².